The minimum Gasteiger partial charge on any atom is -0.357 e. The van der Waals surface area contributed by atoms with Crippen molar-refractivity contribution in [1.82, 2.24) is 13.3 Å². The van der Waals surface area contributed by atoms with Gasteiger partial charge < -0.3 is 10.2 Å². The monoisotopic (exact) mass is 532 g/mol. The highest BCUT2D eigenvalue weighted by Crippen LogP contribution is 2.33. The maximum atomic E-state index is 15.1. The average molecular weight is 532 g/mol. The van der Waals surface area contributed by atoms with Gasteiger partial charge in [-0.3, -0.25) is 9.69 Å². The summed E-state index contributed by atoms with van der Waals surface area (Å²) in [5, 5.41) is 3.12. The van der Waals surface area contributed by atoms with E-state index in [0.29, 0.717) is 24.1 Å². The van der Waals surface area contributed by atoms with Gasteiger partial charge in [0, 0.05) is 60.7 Å². The number of nitrogens with zero attached hydrogens (tertiary/aromatic N) is 3. The van der Waals surface area contributed by atoms with E-state index >= 15 is 4.39 Å². The maximum absolute atomic E-state index is 15.1. The summed E-state index contributed by atoms with van der Waals surface area (Å²) in [6.45, 7) is 9.06. The molecule has 5 nitrogen and oxygen atoms in total. The first-order valence-corrected chi connectivity index (χ1v) is 11.8. The summed E-state index contributed by atoms with van der Waals surface area (Å²) in [4.78, 5) is 16.3. The number of anilines is 1. The lowest BCUT2D eigenvalue weighted by Crippen LogP contribution is -2.66. The predicted octanol–water partition coefficient (Wildman–Crippen LogP) is 3.71. The van der Waals surface area contributed by atoms with Gasteiger partial charge in [-0.25, -0.2) is 11.9 Å². The molecule has 1 amide bonds. The number of benzene rings is 1. The number of halogens is 3. The smallest absolute Gasteiger partial charge is 0.240 e. The Kier molecular flexibility index (Phi) is 6.29. The fourth-order valence-electron chi connectivity index (χ4n) is 4.83. The predicted molar refractivity (Wildman–Crippen MR) is 123 cm³/mol. The van der Waals surface area contributed by atoms with Gasteiger partial charge in [0.1, 0.15) is 11.6 Å². The number of rotatable bonds is 3. The van der Waals surface area contributed by atoms with E-state index in [2.05, 4.69) is 50.0 Å². The summed E-state index contributed by atoms with van der Waals surface area (Å²) >= 11 is 2.29. The Balaban J connectivity index is 1.49. The molecule has 0 atom stereocenters. The van der Waals surface area contributed by atoms with Crippen molar-refractivity contribution in [2.75, 3.05) is 44.2 Å². The molecule has 1 N–H and O–H groups in total. The van der Waals surface area contributed by atoms with Crippen molar-refractivity contribution in [3.05, 3.63) is 29.3 Å². The van der Waals surface area contributed by atoms with Gasteiger partial charge >= 0.3 is 0 Å². The number of amides is 1. The molecule has 1 spiro atoms. The number of hydrogen-bond donors (Lipinski definition) is 1. The molecule has 4 rings (SSSR count). The number of piperidine rings is 2. The molecule has 0 unspecified atom stereocenters. The average Bonchev–Trinajstić information content (AvgIpc) is 2.68. The van der Waals surface area contributed by atoms with Crippen molar-refractivity contribution in [2.24, 2.45) is 5.41 Å². The summed E-state index contributed by atoms with van der Waals surface area (Å²) < 4.78 is 32.2. The third kappa shape index (κ3) is 4.91. The topological polar surface area (TPSA) is 38.8 Å². The molecule has 3 fully saturated rings. The lowest BCUT2D eigenvalue weighted by Gasteiger charge is -2.47. The fraction of sp³-hybridized carbons (Fsp3) is 0.682. The molecule has 0 aliphatic carbocycles. The van der Waals surface area contributed by atoms with E-state index in [1.165, 1.54) is 12.1 Å². The second kappa shape index (κ2) is 8.50. The Bertz CT molecular complexity index is 801. The van der Waals surface area contributed by atoms with E-state index in [9.17, 15) is 9.18 Å². The Hall–Kier alpha value is -1.00. The standard InChI is InChI=1S/C22H31F2IN4O/c1-21(2)3-7-27(8-4-21)13-16-11-18(24)19(12-17(16)23)28-14-20(30)26-22(15-28)5-9-29(25)10-6-22/h11-12H,3-10,13-15H2,1-2H3,(H,26,30). The van der Waals surface area contributed by atoms with Crippen molar-refractivity contribution in [1.29, 1.82) is 0 Å². The largest absolute Gasteiger partial charge is 0.357 e. The van der Waals surface area contributed by atoms with E-state index in [0.717, 1.165) is 51.9 Å². The molecule has 8 heteroatoms. The Morgan fingerprint density at radius 3 is 2.37 bits per heavy atom. The molecule has 3 aliphatic heterocycles. The van der Waals surface area contributed by atoms with Crippen LogP contribution in [0, 0.1) is 17.0 Å². The van der Waals surface area contributed by atoms with E-state index in [4.69, 9.17) is 0 Å². The van der Waals surface area contributed by atoms with Crippen LogP contribution in [0.3, 0.4) is 0 Å². The molecule has 166 valence electrons. The van der Waals surface area contributed by atoms with Crippen molar-refractivity contribution in [3.8, 4) is 0 Å². The molecule has 30 heavy (non-hydrogen) atoms. The summed E-state index contributed by atoms with van der Waals surface area (Å²) in [6, 6.07) is 2.62. The van der Waals surface area contributed by atoms with Crippen LogP contribution < -0.4 is 10.2 Å². The van der Waals surface area contributed by atoms with Crippen LogP contribution in [0.2, 0.25) is 0 Å². The highest BCUT2D eigenvalue weighted by molar-refractivity contribution is 14.1. The number of piperazine rings is 1. The van der Waals surface area contributed by atoms with Crippen LogP contribution in [0.1, 0.15) is 45.1 Å². The molecule has 0 saturated carbocycles. The van der Waals surface area contributed by atoms with Gasteiger partial charge in [-0.05, 0) is 50.3 Å². The Labute approximate surface area is 191 Å². The molecule has 3 heterocycles. The number of carbonyl (C=O) groups is 1. The quantitative estimate of drug-likeness (QED) is 0.476. The number of nitrogens with one attached hydrogen (secondary N) is 1. The van der Waals surface area contributed by atoms with Crippen molar-refractivity contribution in [3.63, 3.8) is 0 Å². The first-order chi connectivity index (χ1) is 14.1. The molecule has 1 aromatic carbocycles. The third-order valence-corrected chi connectivity index (χ3v) is 7.92. The number of likely N-dealkylation sites (tertiary alicyclic amines) is 1. The molecule has 3 saturated heterocycles. The minimum absolute atomic E-state index is 0.0621. The zero-order chi connectivity index (χ0) is 21.5. The van der Waals surface area contributed by atoms with E-state index in [-0.39, 0.29) is 23.7 Å². The molecule has 0 radical (unpaired) electrons. The first kappa shape index (κ1) is 22.2. The second-order valence-electron chi connectivity index (χ2n) is 9.93. The van der Waals surface area contributed by atoms with Crippen molar-refractivity contribution < 1.29 is 13.6 Å². The van der Waals surface area contributed by atoms with E-state index in [1.54, 1.807) is 4.90 Å². The van der Waals surface area contributed by atoms with Gasteiger partial charge in [0.25, 0.3) is 0 Å². The highest BCUT2D eigenvalue weighted by atomic mass is 127. The fourth-order valence-corrected chi connectivity index (χ4v) is 5.31. The zero-order valence-corrected chi connectivity index (χ0v) is 20.0. The number of hydrogen-bond acceptors (Lipinski definition) is 4. The van der Waals surface area contributed by atoms with Gasteiger partial charge in [0.15, 0.2) is 0 Å². The van der Waals surface area contributed by atoms with E-state index in [1.807, 2.05) is 0 Å². The highest BCUT2D eigenvalue weighted by Gasteiger charge is 2.41. The molecule has 1 aromatic rings. The molecular weight excluding hydrogens is 501 g/mol. The summed E-state index contributed by atoms with van der Waals surface area (Å²) in [5.41, 5.74) is 0.550. The van der Waals surface area contributed by atoms with Gasteiger partial charge in [-0.1, -0.05) is 13.8 Å². The normalized spacial score (nSPS) is 24.8. The zero-order valence-electron chi connectivity index (χ0n) is 17.8. The SMILES string of the molecule is CC1(C)CCN(Cc2cc(F)c(N3CC(=O)NC4(CCN(I)CC4)C3)cc2F)CC1. The lowest BCUT2D eigenvalue weighted by atomic mass is 9.82. The number of carbonyl (C=O) groups excluding carboxylic acids is 1. The summed E-state index contributed by atoms with van der Waals surface area (Å²) in [7, 11) is 0. The molecule has 3 aliphatic rings. The van der Waals surface area contributed by atoms with Gasteiger partial charge in [-0.2, -0.15) is 0 Å². The Morgan fingerprint density at radius 2 is 1.70 bits per heavy atom. The summed E-state index contributed by atoms with van der Waals surface area (Å²) in [5.74, 6) is -0.957. The van der Waals surface area contributed by atoms with Crippen molar-refractivity contribution >= 4 is 34.5 Å². The van der Waals surface area contributed by atoms with Crippen LogP contribution in [0.15, 0.2) is 12.1 Å². The first-order valence-electron chi connectivity index (χ1n) is 10.8. The third-order valence-electron chi connectivity index (χ3n) is 6.96. The minimum atomic E-state index is -0.445. The second-order valence-corrected chi connectivity index (χ2v) is 11.3. The van der Waals surface area contributed by atoms with Gasteiger partial charge in [0.2, 0.25) is 5.91 Å². The van der Waals surface area contributed by atoms with Crippen molar-refractivity contribution in [2.45, 2.75) is 51.6 Å². The van der Waals surface area contributed by atoms with Crippen LogP contribution in [-0.2, 0) is 11.3 Å². The van der Waals surface area contributed by atoms with Gasteiger partial charge in [-0.15, -0.1) is 0 Å². The summed E-state index contributed by atoms with van der Waals surface area (Å²) in [6.07, 6.45) is 3.75. The Morgan fingerprint density at radius 1 is 1.03 bits per heavy atom. The van der Waals surface area contributed by atoms with Gasteiger partial charge in [0.05, 0.1) is 17.8 Å². The maximum Gasteiger partial charge on any atom is 0.240 e. The van der Waals surface area contributed by atoms with Crippen LogP contribution >= 0.6 is 22.9 Å². The van der Waals surface area contributed by atoms with Crippen LogP contribution in [-0.4, -0.2) is 58.7 Å². The molecule has 0 bridgehead atoms. The molecule has 0 aromatic heterocycles. The van der Waals surface area contributed by atoms with Crippen LogP contribution in [0.5, 0.6) is 0 Å². The van der Waals surface area contributed by atoms with E-state index < -0.39 is 11.6 Å². The molecular formula is C22H31F2IN4O. The van der Waals surface area contributed by atoms with Crippen LogP contribution in [0.4, 0.5) is 14.5 Å². The lowest BCUT2D eigenvalue weighted by molar-refractivity contribution is -0.123. The van der Waals surface area contributed by atoms with Crippen LogP contribution in [0.25, 0.3) is 0 Å².